The van der Waals surface area contributed by atoms with Gasteiger partial charge in [0, 0.05) is 12.4 Å². The van der Waals surface area contributed by atoms with Gasteiger partial charge in [-0.05, 0) is 30.3 Å². The van der Waals surface area contributed by atoms with Gasteiger partial charge in [0.1, 0.15) is 11.6 Å². The van der Waals surface area contributed by atoms with Crippen LogP contribution in [0, 0.1) is 5.82 Å². The molecule has 4 nitrogen and oxygen atoms in total. The molecule has 0 radical (unpaired) electrons. The Morgan fingerprint density at radius 3 is 2.95 bits per heavy atom. The summed E-state index contributed by atoms with van der Waals surface area (Å²) in [6, 6.07) is 4.47. The number of nitrogens with zero attached hydrogens (tertiary/aromatic N) is 2. The van der Waals surface area contributed by atoms with Gasteiger partial charge in [-0.2, -0.15) is 0 Å². The third-order valence-corrected chi connectivity index (χ3v) is 2.77. The second kappa shape index (κ2) is 6.24. The van der Waals surface area contributed by atoms with Crippen molar-refractivity contribution in [2.24, 2.45) is 0 Å². The van der Waals surface area contributed by atoms with E-state index in [1.807, 2.05) is 13.0 Å². The maximum absolute atomic E-state index is 13.9. The number of ether oxygens (including phenoxy) is 1. The molecule has 1 unspecified atom stereocenters. The first-order valence-corrected chi connectivity index (χ1v) is 6.09. The Labute approximate surface area is 111 Å². The van der Waals surface area contributed by atoms with Crippen LogP contribution in [0.5, 0.6) is 5.75 Å². The standard InChI is InChI=1S/C14H16FN3O/c1-3-17-13(14-12(15)5-4-6-18-14)10-7-11(19-2)9-16-8-10/h4-9,13,17H,3H2,1-2H3. The van der Waals surface area contributed by atoms with Crippen molar-refractivity contribution in [3.8, 4) is 5.75 Å². The summed E-state index contributed by atoms with van der Waals surface area (Å²) in [6.07, 6.45) is 4.88. The Bertz CT molecular complexity index is 548. The highest BCUT2D eigenvalue weighted by Gasteiger charge is 2.19. The number of nitrogens with one attached hydrogen (secondary N) is 1. The van der Waals surface area contributed by atoms with Gasteiger partial charge in [0.05, 0.1) is 25.0 Å². The quantitative estimate of drug-likeness (QED) is 0.897. The number of halogens is 1. The lowest BCUT2D eigenvalue weighted by Crippen LogP contribution is -2.24. The molecule has 100 valence electrons. The monoisotopic (exact) mass is 261 g/mol. The number of aromatic nitrogens is 2. The predicted molar refractivity (Wildman–Crippen MR) is 70.5 cm³/mol. The van der Waals surface area contributed by atoms with Crippen LogP contribution in [0.2, 0.25) is 0 Å². The van der Waals surface area contributed by atoms with Crippen LogP contribution in [0.1, 0.15) is 24.2 Å². The van der Waals surface area contributed by atoms with E-state index in [0.29, 0.717) is 18.0 Å². The van der Waals surface area contributed by atoms with Crippen LogP contribution in [0.25, 0.3) is 0 Å². The molecular formula is C14H16FN3O. The molecule has 0 fully saturated rings. The van der Waals surface area contributed by atoms with E-state index in [1.54, 1.807) is 31.8 Å². The van der Waals surface area contributed by atoms with Crippen molar-refractivity contribution in [3.63, 3.8) is 0 Å². The smallest absolute Gasteiger partial charge is 0.146 e. The van der Waals surface area contributed by atoms with E-state index < -0.39 is 0 Å². The summed E-state index contributed by atoms with van der Waals surface area (Å²) in [5.41, 5.74) is 1.18. The summed E-state index contributed by atoms with van der Waals surface area (Å²) >= 11 is 0. The Morgan fingerprint density at radius 2 is 2.26 bits per heavy atom. The van der Waals surface area contributed by atoms with Crippen LogP contribution in [0.15, 0.2) is 36.8 Å². The minimum atomic E-state index is -0.339. The topological polar surface area (TPSA) is 47.0 Å². The largest absolute Gasteiger partial charge is 0.495 e. The zero-order valence-electron chi connectivity index (χ0n) is 10.9. The van der Waals surface area contributed by atoms with Crippen molar-refractivity contribution in [3.05, 3.63) is 53.9 Å². The van der Waals surface area contributed by atoms with E-state index in [-0.39, 0.29) is 11.9 Å². The second-order valence-electron chi connectivity index (χ2n) is 4.02. The Kier molecular flexibility index (Phi) is 4.41. The van der Waals surface area contributed by atoms with Crippen molar-refractivity contribution >= 4 is 0 Å². The molecule has 2 aromatic rings. The van der Waals surface area contributed by atoms with Gasteiger partial charge in [-0.15, -0.1) is 0 Å². The highest BCUT2D eigenvalue weighted by Crippen LogP contribution is 2.24. The van der Waals surface area contributed by atoms with Gasteiger partial charge in [-0.25, -0.2) is 4.39 Å². The van der Waals surface area contributed by atoms with Crippen LogP contribution >= 0.6 is 0 Å². The van der Waals surface area contributed by atoms with Gasteiger partial charge >= 0.3 is 0 Å². The van der Waals surface area contributed by atoms with Gasteiger partial charge in [0.2, 0.25) is 0 Å². The number of hydrogen-bond acceptors (Lipinski definition) is 4. The van der Waals surface area contributed by atoms with Crippen LogP contribution in [0.3, 0.4) is 0 Å². The highest BCUT2D eigenvalue weighted by molar-refractivity contribution is 5.31. The number of hydrogen-bond donors (Lipinski definition) is 1. The average molecular weight is 261 g/mol. The summed E-state index contributed by atoms with van der Waals surface area (Å²) in [5.74, 6) is 0.299. The zero-order chi connectivity index (χ0) is 13.7. The maximum Gasteiger partial charge on any atom is 0.146 e. The van der Waals surface area contributed by atoms with Gasteiger partial charge in [0.25, 0.3) is 0 Å². The van der Waals surface area contributed by atoms with E-state index >= 15 is 0 Å². The summed E-state index contributed by atoms with van der Waals surface area (Å²) in [4.78, 5) is 8.22. The van der Waals surface area contributed by atoms with Crippen LogP contribution in [-0.2, 0) is 0 Å². The number of pyridine rings is 2. The third-order valence-electron chi connectivity index (χ3n) is 2.77. The first-order chi connectivity index (χ1) is 9.26. The molecule has 0 saturated heterocycles. The van der Waals surface area contributed by atoms with Gasteiger partial charge in [-0.1, -0.05) is 6.92 Å². The summed E-state index contributed by atoms with van der Waals surface area (Å²) < 4.78 is 19.0. The molecule has 0 amide bonds. The van der Waals surface area contributed by atoms with Crippen LogP contribution in [-0.4, -0.2) is 23.6 Å². The number of rotatable bonds is 5. The molecule has 2 heterocycles. The van der Waals surface area contributed by atoms with E-state index in [9.17, 15) is 4.39 Å². The number of methoxy groups -OCH3 is 1. The van der Waals surface area contributed by atoms with Crippen molar-refractivity contribution in [2.45, 2.75) is 13.0 Å². The molecule has 0 aromatic carbocycles. The molecule has 0 aliphatic carbocycles. The zero-order valence-corrected chi connectivity index (χ0v) is 10.9. The lowest BCUT2D eigenvalue weighted by molar-refractivity contribution is 0.411. The maximum atomic E-state index is 13.9. The third kappa shape index (κ3) is 3.06. The van der Waals surface area contributed by atoms with Gasteiger partial charge in [-0.3, -0.25) is 9.97 Å². The van der Waals surface area contributed by atoms with Crippen LogP contribution in [0.4, 0.5) is 4.39 Å². The van der Waals surface area contributed by atoms with Crippen LogP contribution < -0.4 is 10.1 Å². The predicted octanol–water partition coefficient (Wildman–Crippen LogP) is 2.32. The molecule has 0 aliphatic rings. The first-order valence-electron chi connectivity index (χ1n) is 6.09. The van der Waals surface area contributed by atoms with E-state index in [0.717, 1.165) is 5.56 Å². The van der Waals surface area contributed by atoms with Gasteiger partial charge < -0.3 is 10.1 Å². The normalized spacial score (nSPS) is 12.2. The molecular weight excluding hydrogens is 245 g/mol. The van der Waals surface area contributed by atoms with Crippen molar-refractivity contribution in [1.29, 1.82) is 0 Å². The lowest BCUT2D eigenvalue weighted by atomic mass is 10.0. The van der Waals surface area contributed by atoms with Crippen molar-refractivity contribution < 1.29 is 9.13 Å². The average Bonchev–Trinajstić information content (AvgIpc) is 2.46. The minimum Gasteiger partial charge on any atom is -0.495 e. The van der Waals surface area contributed by atoms with Gasteiger partial charge in [0.15, 0.2) is 0 Å². The first kappa shape index (κ1) is 13.4. The van der Waals surface area contributed by atoms with Crippen molar-refractivity contribution in [1.82, 2.24) is 15.3 Å². The Morgan fingerprint density at radius 1 is 1.42 bits per heavy atom. The van der Waals surface area contributed by atoms with E-state index in [4.69, 9.17) is 4.74 Å². The Hall–Kier alpha value is -2.01. The minimum absolute atomic E-state index is 0.337. The molecule has 0 saturated carbocycles. The molecule has 0 spiro atoms. The molecule has 2 aromatic heterocycles. The molecule has 2 rings (SSSR count). The molecule has 1 N–H and O–H groups in total. The highest BCUT2D eigenvalue weighted by atomic mass is 19.1. The molecule has 5 heteroatoms. The fraction of sp³-hybridized carbons (Fsp3) is 0.286. The summed E-state index contributed by atoms with van der Waals surface area (Å²) in [5, 5.41) is 3.21. The van der Waals surface area contributed by atoms with E-state index in [1.165, 1.54) is 6.07 Å². The van der Waals surface area contributed by atoms with E-state index in [2.05, 4.69) is 15.3 Å². The fourth-order valence-electron chi connectivity index (χ4n) is 1.89. The molecule has 1 atom stereocenters. The molecule has 0 bridgehead atoms. The second-order valence-corrected chi connectivity index (χ2v) is 4.02. The fourth-order valence-corrected chi connectivity index (χ4v) is 1.89. The molecule has 19 heavy (non-hydrogen) atoms. The summed E-state index contributed by atoms with van der Waals surface area (Å²) in [6.45, 7) is 2.65. The lowest BCUT2D eigenvalue weighted by Gasteiger charge is -2.18. The molecule has 0 aliphatic heterocycles. The SMILES string of the molecule is CCNC(c1cncc(OC)c1)c1ncccc1F. The Balaban J connectivity index is 2.42. The summed E-state index contributed by atoms with van der Waals surface area (Å²) in [7, 11) is 1.57. The van der Waals surface area contributed by atoms with Crippen molar-refractivity contribution in [2.75, 3.05) is 13.7 Å².